The van der Waals surface area contributed by atoms with Crippen LogP contribution in [0.3, 0.4) is 0 Å². The van der Waals surface area contributed by atoms with Crippen molar-refractivity contribution in [3.05, 3.63) is 30.0 Å². The van der Waals surface area contributed by atoms with Gasteiger partial charge in [-0.25, -0.2) is 13.4 Å². The second kappa shape index (κ2) is 4.70. The van der Waals surface area contributed by atoms with E-state index in [0.717, 1.165) is 17.9 Å². The van der Waals surface area contributed by atoms with Crippen LogP contribution in [-0.2, 0) is 16.4 Å². The predicted molar refractivity (Wildman–Crippen MR) is 80.8 cm³/mol. The Kier molecular flexibility index (Phi) is 3.09. The highest BCUT2D eigenvalue weighted by molar-refractivity contribution is 7.91. The van der Waals surface area contributed by atoms with Gasteiger partial charge in [0.1, 0.15) is 11.2 Å². The molecule has 0 saturated heterocycles. The van der Waals surface area contributed by atoms with Gasteiger partial charge >= 0.3 is 0 Å². The zero-order chi connectivity index (χ0) is 15.2. The summed E-state index contributed by atoms with van der Waals surface area (Å²) in [5.41, 5.74) is 2.92. The Morgan fingerprint density at radius 1 is 1.33 bits per heavy atom. The van der Waals surface area contributed by atoms with E-state index in [9.17, 15) is 8.42 Å². The lowest BCUT2D eigenvalue weighted by Gasteiger charge is -2.00. The van der Waals surface area contributed by atoms with Crippen LogP contribution in [0.2, 0.25) is 0 Å². The van der Waals surface area contributed by atoms with Crippen molar-refractivity contribution in [3.8, 4) is 11.5 Å². The molecule has 0 aliphatic heterocycles. The summed E-state index contributed by atoms with van der Waals surface area (Å²) in [5.74, 6) is 0.628. The van der Waals surface area contributed by atoms with Crippen molar-refractivity contribution in [2.45, 2.75) is 25.3 Å². The molecule has 0 saturated carbocycles. The van der Waals surface area contributed by atoms with Crippen molar-refractivity contribution in [2.24, 2.45) is 0 Å². The molecule has 7 heteroatoms. The first-order valence-electron chi connectivity index (χ1n) is 6.63. The molecular weight excluding hydrogens is 288 g/mol. The van der Waals surface area contributed by atoms with E-state index < -0.39 is 9.84 Å². The summed E-state index contributed by atoms with van der Waals surface area (Å²) in [4.78, 5) is 7.89. The van der Waals surface area contributed by atoms with Crippen molar-refractivity contribution in [1.82, 2.24) is 19.7 Å². The van der Waals surface area contributed by atoms with E-state index in [1.165, 1.54) is 6.26 Å². The van der Waals surface area contributed by atoms with Gasteiger partial charge in [-0.05, 0) is 32.0 Å². The smallest absolute Gasteiger partial charge is 0.177 e. The van der Waals surface area contributed by atoms with Gasteiger partial charge < -0.3 is 4.98 Å². The van der Waals surface area contributed by atoms with Crippen LogP contribution >= 0.6 is 0 Å². The zero-order valence-electron chi connectivity index (χ0n) is 12.1. The molecule has 2 heterocycles. The van der Waals surface area contributed by atoms with Crippen molar-refractivity contribution in [3.63, 3.8) is 0 Å². The van der Waals surface area contributed by atoms with E-state index in [-0.39, 0.29) is 4.90 Å². The standard InChI is InChI=1S/C14H16N4O2S/c1-4-18-11(8-9(2)17-18)14-15-10-6-5-7-12(13(10)16-14)21(3,19)20/h5-8H,4H2,1-3H3,(H,15,16). The molecule has 21 heavy (non-hydrogen) atoms. The Balaban J connectivity index is 2.27. The van der Waals surface area contributed by atoms with Crippen LogP contribution < -0.4 is 0 Å². The molecule has 0 amide bonds. The minimum absolute atomic E-state index is 0.238. The molecule has 0 aliphatic rings. The number of nitrogens with one attached hydrogen (secondary N) is 1. The fourth-order valence-corrected chi connectivity index (χ4v) is 3.24. The maximum atomic E-state index is 11.8. The number of aryl methyl sites for hydroxylation is 2. The summed E-state index contributed by atoms with van der Waals surface area (Å²) >= 11 is 0. The third-order valence-electron chi connectivity index (χ3n) is 3.32. The monoisotopic (exact) mass is 304 g/mol. The highest BCUT2D eigenvalue weighted by Crippen LogP contribution is 2.25. The third kappa shape index (κ3) is 2.33. The molecule has 0 bridgehead atoms. The van der Waals surface area contributed by atoms with Crippen molar-refractivity contribution in [2.75, 3.05) is 6.26 Å². The number of hydrogen-bond acceptors (Lipinski definition) is 4. The molecule has 0 unspecified atom stereocenters. The summed E-state index contributed by atoms with van der Waals surface area (Å²) in [6.07, 6.45) is 1.19. The second-order valence-electron chi connectivity index (χ2n) is 5.00. The van der Waals surface area contributed by atoms with Crippen molar-refractivity contribution in [1.29, 1.82) is 0 Å². The van der Waals surface area contributed by atoms with E-state index in [0.29, 0.717) is 16.9 Å². The summed E-state index contributed by atoms with van der Waals surface area (Å²) in [7, 11) is -3.31. The molecule has 3 aromatic rings. The highest BCUT2D eigenvalue weighted by Gasteiger charge is 2.17. The number of H-pyrrole nitrogens is 1. The molecule has 0 radical (unpaired) electrons. The van der Waals surface area contributed by atoms with E-state index >= 15 is 0 Å². The first kappa shape index (κ1) is 13.8. The lowest BCUT2D eigenvalue weighted by molar-refractivity contribution is 0.602. The Morgan fingerprint density at radius 3 is 2.76 bits per heavy atom. The first-order chi connectivity index (χ1) is 9.90. The van der Waals surface area contributed by atoms with E-state index in [2.05, 4.69) is 15.1 Å². The van der Waals surface area contributed by atoms with Gasteiger partial charge in [0.2, 0.25) is 0 Å². The van der Waals surface area contributed by atoms with E-state index in [1.807, 2.05) is 30.7 Å². The van der Waals surface area contributed by atoms with Gasteiger partial charge in [-0.2, -0.15) is 5.10 Å². The average Bonchev–Trinajstić information content (AvgIpc) is 2.99. The van der Waals surface area contributed by atoms with Gasteiger partial charge in [0.25, 0.3) is 0 Å². The molecule has 3 rings (SSSR count). The van der Waals surface area contributed by atoms with E-state index in [4.69, 9.17) is 0 Å². The fraction of sp³-hybridized carbons (Fsp3) is 0.286. The van der Waals surface area contributed by atoms with Gasteiger partial charge in [0.05, 0.1) is 16.1 Å². The summed E-state index contributed by atoms with van der Waals surface area (Å²) in [6.45, 7) is 4.64. The number of hydrogen-bond donors (Lipinski definition) is 1. The number of rotatable bonds is 3. The van der Waals surface area contributed by atoms with Gasteiger partial charge in [0, 0.05) is 12.8 Å². The summed E-state index contributed by atoms with van der Waals surface area (Å²) < 4.78 is 25.5. The maximum absolute atomic E-state index is 11.8. The molecule has 110 valence electrons. The van der Waals surface area contributed by atoms with Crippen LogP contribution in [0.1, 0.15) is 12.6 Å². The normalized spacial score (nSPS) is 12.1. The number of nitrogens with zero attached hydrogens (tertiary/aromatic N) is 3. The topological polar surface area (TPSA) is 80.6 Å². The second-order valence-corrected chi connectivity index (χ2v) is 6.98. The average molecular weight is 304 g/mol. The van der Waals surface area contributed by atoms with Gasteiger partial charge in [-0.1, -0.05) is 6.07 Å². The van der Waals surface area contributed by atoms with E-state index in [1.54, 1.807) is 12.1 Å². The number of imidazole rings is 1. The lowest BCUT2D eigenvalue weighted by Crippen LogP contribution is -2.00. The van der Waals surface area contributed by atoms with Gasteiger partial charge in [-0.15, -0.1) is 0 Å². The number of benzene rings is 1. The van der Waals surface area contributed by atoms with Crippen LogP contribution in [0.15, 0.2) is 29.2 Å². The Morgan fingerprint density at radius 2 is 2.10 bits per heavy atom. The molecular formula is C14H16N4O2S. The Hall–Kier alpha value is -2.15. The van der Waals surface area contributed by atoms with Crippen LogP contribution in [0, 0.1) is 6.92 Å². The fourth-order valence-electron chi connectivity index (χ4n) is 2.40. The number of aromatic amines is 1. The lowest BCUT2D eigenvalue weighted by atomic mass is 10.3. The Labute approximate surface area is 122 Å². The minimum atomic E-state index is -3.31. The number of aromatic nitrogens is 4. The molecule has 2 aromatic heterocycles. The molecule has 6 nitrogen and oxygen atoms in total. The van der Waals surface area contributed by atoms with Crippen LogP contribution in [0.25, 0.3) is 22.6 Å². The predicted octanol–water partition coefficient (Wildman–Crippen LogP) is 2.16. The number of fused-ring (bicyclic) bond motifs is 1. The van der Waals surface area contributed by atoms with Gasteiger partial charge in [-0.3, -0.25) is 4.68 Å². The van der Waals surface area contributed by atoms with Crippen LogP contribution in [-0.4, -0.2) is 34.4 Å². The minimum Gasteiger partial charge on any atom is -0.337 e. The Bertz CT molecular complexity index is 922. The molecule has 1 aromatic carbocycles. The SMILES string of the molecule is CCn1nc(C)cc1-c1nc2c(S(C)(=O)=O)cccc2[nH]1. The number of sulfone groups is 1. The highest BCUT2D eigenvalue weighted by atomic mass is 32.2. The van der Waals surface area contributed by atoms with Crippen molar-refractivity contribution >= 4 is 20.9 Å². The quantitative estimate of drug-likeness (QED) is 0.804. The summed E-state index contributed by atoms with van der Waals surface area (Å²) in [6, 6.07) is 7.04. The first-order valence-corrected chi connectivity index (χ1v) is 8.53. The molecule has 0 aliphatic carbocycles. The van der Waals surface area contributed by atoms with Crippen LogP contribution in [0.4, 0.5) is 0 Å². The number of para-hydroxylation sites is 1. The summed E-state index contributed by atoms with van der Waals surface area (Å²) in [5, 5.41) is 4.39. The zero-order valence-corrected chi connectivity index (χ0v) is 12.9. The van der Waals surface area contributed by atoms with Gasteiger partial charge in [0.15, 0.2) is 15.7 Å². The molecule has 0 fully saturated rings. The maximum Gasteiger partial charge on any atom is 0.177 e. The molecule has 0 atom stereocenters. The molecule has 1 N–H and O–H groups in total. The van der Waals surface area contributed by atoms with Crippen LogP contribution in [0.5, 0.6) is 0 Å². The third-order valence-corrected chi connectivity index (χ3v) is 4.45. The molecule has 0 spiro atoms. The van der Waals surface area contributed by atoms with Crippen molar-refractivity contribution < 1.29 is 8.42 Å². The largest absolute Gasteiger partial charge is 0.337 e.